The minimum absolute atomic E-state index is 0.225. The van der Waals surface area contributed by atoms with Crippen LogP contribution in [0.25, 0.3) is 11.4 Å². The van der Waals surface area contributed by atoms with Crippen LogP contribution in [0, 0.1) is 13.8 Å². The third-order valence-electron chi connectivity index (χ3n) is 3.89. The van der Waals surface area contributed by atoms with Crippen molar-refractivity contribution in [1.29, 1.82) is 0 Å². The van der Waals surface area contributed by atoms with Gasteiger partial charge in [0.15, 0.2) is 5.76 Å². The molecule has 0 N–H and O–H groups in total. The quantitative estimate of drug-likeness (QED) is 0.708. The first-order valence-electron chi connectivity index (χ1n) is 7.55. The molecule has 0 aliphatic carbocycles. The van der Waals surface area contributed by atoms with Crippen LogP contribution in [0.5, 0.6) is 0 Å². The lowest BCUT2D eigenvalue weighted by molar-refractivity contribution is 0.218. The van der Waals surface area contributed by atoms with E-state index >= 15 is 0 Å². The van der Waals surface area contributed by atoms with Gasteiger partial charge in [-0.25, -0.2) is 4.98 Å². The summed E-state index contributed by atoms with van der Waals surface area (Å²) in [4.78, 5) is 12.4. The lowest BCUT2D eigenvalue weighted by atomic mass is 10.2. The second-order valence-corrected chi connectivity index (χ2v) is 7.07. The van der Waals surface area contributed by atoms with Crippen LogP contribution in [-0.2, 0) is 6.54 Å². The molecule has 3 heterocycles. The molecule has 120 valence electrons. The lowest BCUT2D eigenvalue weighted by Crippen LogP contribution is -2.22. The molecule has 3 aromatic rings. The molecule has 6 heteroatoms. The molecule has 3 aromatic heterocycles. The normalized spacial score (nSPS) is 12.7. The van der Waals surface area contributed by atoms with Crippen molar-refractivity contribution in [2.75, 3.05) is 7.05 Å². The van der Waals surface area contributed by atoms with E-state index in [0.29, 0.717) is 6.54 Å². The maximum atomic E-state index is 5.46. The van der Waals surface area contributed by atoms with Gasteiger partial charge in [-0.15, -0.1) is 11.3 Å². The summed E-state index contributed by atoms with van der Waals surface area (Å²) in [5.41, 5.74) is 2.73. The van der Waals surface area contributed by atoms with Crippen LogP contribution in [-0.4, -0.2) is 27.1 Å². The Kier molecular flexibility index (Phi) is 4.54. The van der Waals surface area contributed by atoms with Crippen molar-refractivity contribution >= 4 is 11.3 Å². The molecule has 0 unspecified atom stereocenters. The molecule has 0 aliphatic rings. The third-order valence-corrected chi connectivity index (χ3v) is 4.79. The van der Waals surface area contributed by atoms with Crippen molar-refractivity contribution in [2.45, 2.75) is 33.4 Å². The van der Waals surface area contributed by atoms with Gasteiger partial charge in [0.2, 0.25) is 0 Å². The van der Waals surface area contributed by atoms with E-state index in [1.807, 2.05) is 31.2 Å². The molecule has 23 heavy (non-hydrogen) atoms. The van der Waals surface area contributed by atoms with Crippen molar-refractivity contribution < 1.29 is 4.52 Å². The second-order valence-electron chi connectivity index (χ2n) is 5.66. The van der Waals surface area contributed by atoms with Gasteiger partial charge < -0.3 is 4.52 Å². The predicted octanol–water partition coefficient (Wildman–Crippen LogP) is 4.00. The maximum Gasteiger partial charge on any atom is 0.151 e. The van der Waals surface area contributed by atoms with Crippen LogP contribution >= 0.6 is 11.3 Å². The summed E-state index contributed by atoms with van der Waals surface area (Å²) in [5, 5.41) is 5.22. The number of nitrogens with zero attached hydrogens (tertiary/aromatic N) is 4. The number of hydrogen-bond donors (Lipinski definition) is 0. The zero-order valence-corrected chi connectivity index (χ0v) is 14.6. The number of aryl methyl sites for hydroxylation is 2. The molecule has 0 radical (unpaired) electrons. The van der Waals surface area contributed by atoms with Crippen molar-refractivity contribution in [1.82, 2.24) is 20.0 Å². The number of hydrogen-bond acceptors (Lipinski definition) is 6. The van der Waals surface area contributed by atoms with Gasteiger partial charge in [-0.2, -0.15) is 0 Å². The Morgan fingerprint density at radius 2 is 2.09 bits per heavy atom. The second kappa shape index (κ2) is 6.60. The lowest BCUT2D eigenvalue weighted by Gasteiger charge is -2.22. The molecule has 1 atom stereocenters. The highest BCUT2D eigenvalue weighted by atomic mass is 32.1. The van der Waals surface area contributed by atoms with Gasteiger partial charge in [0.05, 0.1) is 29.0 Å². The SMILES string of the molecule is Cc1nc([C@H](C)N(C)Cc2cc(-c3ccccn3)no2)c(C)s1. The molecule has 3 rings (SSSR count). The largest absolute Gasteiger partial charge is 0.359 e. The summed E-state index contributed by atoms with van der Waals surface area (Å²) in [6.45, 7) is 7.01. The fourth-order valence-electron chi connectivity index (χ4n) is 2.55. The number of aromatic nitrogens is 3. The third kappa shape index (κ3) is 3.48. The van der Waals surface area contributed by atoms with E-state index in [2.05, 4.69) is 40.9 Å². The van der Waals surface area contributed by atoms with Crippen LogP contribution < -0.4 is 0 Å². The summed E-state index contributed by atoms with van der Waals surface area (Å²) in [6.07, 6.45) is 1.76. The van der Waals surface area contributed by atoms with Crippen LogP contribution in [0.2, 0.25) is 0 Å². The summed E-state index contributed by atoms with van der Waals surface area (Å²) in [7, 11) is 2.07. The standard InChI is InChI=1S/C17H20N4OS/c1-11(17-12(2)23-13(3)19-17)21(4)10-14-9-16(20-22-14)15-7-5-6-8-18-15/h5-9,11H,10H2,1-4H3/t11-/m0/s1. The topological polar surface area (TPSA) is 55.1 Å². The van der Waals surface area contributed by atoms with Gasteiger partial charge in [0, 0.05) is 17.1 Å². The molecule has 0 saturated carbocycles. The molecule has 0 bridgehead atoms. The molecular formula is C17H20N4OS. The highest BCUT2D eigenvalue weighted by Crippen LogP contribution is 2.27. The van der Waals surface area contributed by atoms with Gasteiger partial charge >= 0.3 is 0 Å². The van der Waals surface area contributed by atoms with Gasteiger partial charge in [-0.3, -0.25) is 9.88 Å². The fraction of sp³-hybridized carbons (Fsp3) is 0.353. The van der Waals surface area contributed by atoms with Crippen molar-refractivity contribution in [3.8, 4) is 11.4 Å². The molecule has 0 spiro atoms. The highest BCUT2D eigenvalue weighted by Gasteiger charge is 2.19. The monoisotopic (exact) mass is 328 g/mol. The van der Waals surface area contributed by atoms with Crippen molar-refractivity contribution in [3.63, 3.8) is 0 Å². The Morgan fingerprint density at radius 1 is 1.26 bits per heavy atom. The minimum atomic E-state index is 0.225. The summed E-state index contributed by atoms with van der Waals surface area (Å²) >= 11 is 1.74. The average molecular weight is 328 g/mol. The van der Waals surface area contributed by atoms with E-state index < -0.39 is 0 Å². The van der Waals surface area contributed by atoms with Crippen molar-refractivity contribution in [3.05, 3.63) is 51.8 Å². The van der Waals surface area contributed by atoms with E-state index in [4.69, 9.17) is 4.52 Å². The van der Waals surface area contributed by atoms with Crippen molar-refractivity contribution in [2.24, 2.45) is 0 Å². The first-order chi connectivity index (χ1) is 11.0. The van der Waals surface area contributed by atoms with E-state index in [0.717, 1.165) is 27.8 Å². The number of rotatable bonds is 5. The van der Waals surface area contributed by atoms with Gasteiger partial charge in [-0.05, 0) is 40.0 Å². The molecular weight excluding hydrogens is 308 g/mol. The Morgan fingerprint density at radius 3 is 2.74 bits per heavy atom. The van der Waals surface area contributed by atoms with E-state index in [-0.39, 0.29) is 6.04 Å². The number of thiazole rings is 1. The molecule has 0 saturated heterocycles. The van der Waals surface area contributed by atoms with Gasteiger partial charge in [-0.1, -0.05) is 11.2 Å². The van der Waals surface area contributed by atoms with E-state index in [1.54, 1.807) is 17.5 Å². The summed E-state index contributed by atoms with van der Waals surface area (Å²) in [5.74, 6) is 0.824. The van der Waals surface area contributed by atoms with E-state index in [9.17, 15) is 0 Å². The molecule has 0 aliphatic heterocycles. The summed E-state index contributed by atoms with van der Waals surface area (Å²) < 4.78 is 5.46. The molecule has 0 aromatic carbocycles. The van der Waals surface area contributed by atoms with Gasteiger partial charge in [0.25, 0.3) is 0 Å². The Bertz CT molecular complexity index is 781. The van der Waals surface area contributed by atoms with Gasteiger partial charge in [0.1, 0.15) is 5.69 Å². The predicted molar refractivity (Wildman–Crippen MR) is 91.2 cm³/mol. The van der Waals surface area contributed by atoms with Crippen LogP contribution in [0.1, 0.15) is 34.3 Å². The Labute approximate surface area is 140 Å². The average Bonchev–Trinajstić information content (AvgIpc) is 3.13. The fourth-order valence-corrected chi connectivity index (χ4v) is 3.45. The number of pyridine rings is 1. The first kappa shape index (κ1) is 15.8. The van der Waals surface area contributed by atoms with E-state index in [1.165, 1.54) is 4.88 Å². The van der Waals surface area contributed by atoms with Crippen LogP contribution in [0.3, 0.4) is 0 Å². The zero-order chi connectivity index (χ0) is 16.4. The molecule has 5 nitrogen and oxygen atoms in total. The molecule has 0 fully saturated rings. The molecule has 0 amide bonds. The maximum absolute atomic E-state index is 5.46. The zero-order valence-electron chi connectivity index (χ0n) is 13.8. The smallest absolute Gasteiger partial charge is 0.151 e. The minimum Gasteiger partial charge on any atom is -0.359 e. The van der Waals surface area contributed by atoms with Crippen LogP contribution in [0.4, 0.5) is 0 Å². The van der Waals surface area contributed by atoms with Crippen LogP contribution in [0.15, 0.2) is 35.0 Å². The summed E-state index contributed by atoms with van der Waals surface area (Å²) in [6, 6.07) is 7.93. The first-order valence-corrected chi connectivity index (χ1v) is 8.37. The Balaban J connectivity index is 1.72. The highest BCUT2D eigenvalue weighted by molar-refractivity contribution is 7.11. The Hall–Kier alpha value is -2.05.